The normalized spacial score (nSPS) is 10.8. The summed E-state index contributed by atoms with van der Waals surface area (Å²) < 4.78 is 5.61. The van der Waals surface area contributed by atoms with Crippen LogP contribution in [0.4, 0.5) is 5.69 Å². The number of ether oxygens (including phenoxy) is 1. The van der Waals surface area contributed by atoms with E-state index in [-0.39, 0.29) is 0 Å². The maximum atomic E-state index is 5.82. The third-order valence-corrected chi connectivity index (χ3v) is 3.09. The SMILES string of the molecule is CCOc1ccc(N)cc1CN(C)CCSC. The van der Waals surface area contributed by atoms with Crippen molar-refractivity contribution < 1.29 is 4.74 Å². The smallest absolute Gasteiger partial charge is 0.123 e. The first-order valence-electron chi connectivity index (χ1n) is 5.86. The maximum absolute atomic E-state index is 5.82. The molecule has 0 heterocycles. The van der Waals surface area contributed by atoms with Crippen molar-refractivity contribution in [3.63, 3.8) is 0 Å². The Labute approximate surface area is 108 Å². The van der Waals surface area contributed by atoms with Gasteiger partial charge in [0.2, 0.25) is 0 Å². The zero-order valence-electron chi connectivity index (χ0n) is 10.9. The molecule has 4 heteroatoms. The first-order chi connectivity index (χ1) is 8.17. The second kappa shape index (κ2) is 7.45. The topological polar surface area (TPSA) is 38.5 Å². The Hall–Kier alpha value is -0.870. The second-order valence-corrected chi connectivity index (χ2v) is 5.02. The predicted molar refractivity (Wildman–Crippen MR) is 76.7 cm³/mol. The van der Waals surface area contributed by atoms with Crippen molar-refractivity contribution in [2.45, 2.75) is 13.5 Å². The van der Waals surface area contributed by atoms with Crippen LogP contribution in [0, 0.1) is 0 Å². The molecule has 0 saturated heterocycles. The van der Waals surface area contributed by atoms with Gasteiger partial charge in [-0.15, -0.1) is 0 Å². The largest absolute Gasteiger partial charge is 0.494 e. The van der Waals surface area contributed by atoms with E-state index in [1.165, 1.54) is 0 Å². The Kier molecular flexibility index (Phi) is 6.22. The molecule has 0 spiro atoms. The van der Waals surface area contributed by atoms with E-state index in [4.69, 9.17) is 10.5 Å². The van der Waals surface area contributed by atoms with Crippen molar-refractivity contribution in [2.75, 3.05) is 37.9 Å². The van der Waals surface area contributed by atoms with E-state index in [1.54, 1.807) is 0 Å². The molecule has 96 valence electrons. The predicted octanol–water partition coefficient (Wildman–Crippen LogP) is 2.46. The van der Waals surface area contributed by atoms with E-state index in [0.717, 1.165) is 35.8 Å². The zero-order valence-corrected chi connectivity index (χ0v) is 11.7. The van der Waals surface area contributed by atoms with Gasteiger partial charge in [0.15, 0.2) is 0 Å². The van der Waals surface area contributed by atoms with Crippen LogP contribution in [0.5, 0.6) is 5.75 Å². The highest BCUT2D eigenvalue weighted by Gasteiger charge is 2.07. The number of anilines is 1. The zero-order chi connectivity index (χ0) is 12.7. The molecule has 0 amide bonds. The maximum Gasteiger partial charge on any atom is 0.123 e. The summed E-state index contributed by atoms with van der Waals surface area (Å²) >= 11 is 1.86. The van der Waals surface area contributed by atoms with Crippen LogP contribution >= 0.6 is 11.8 Å². The Morgan fingerprint density at radius 2 is 2.18 bits per heavy atom. The first-order valence-corrected chi connectivity index (χ1v) is 7.25. The van der Waals surface area contributed by atoms with Gasteiger partial charge < -0.3 is 15.4 Å². The Morgan fingerprint density at radius 1 is 1.41 bits per heavy atom. The fourth-order valence-corrected chi connectivity index (χ4v) is 2.13. The van der Waals surface area contributed by atoms with Crippen molar-refractivity contribution in [3.05, 3.63) is 23.8 Å². The molecule has 0 aliphatic heterocycles. The highest BCUT2D eigenvalue weighted by atomic mass is 32.2. The van der Waals surface area contributed by atoms with Crippen LogP contribution in [-0.4, -0.2) is 37.1 Å². The van der Waals surface area contributed by atoms with E-state index < -0.39 is 0 Å². The fourth-order valence-electron chi connectivity index (χ4n) is 1.64. The minimum atomic E-state index is 0.686. The van der Waals surface area contributed by atoms with Gasteiger partial charge in [0.25, 0.3) is 0 Å². The summed E-state index contributed by atoms with van der Waals surface area (Å²) in [5.41, 5.74) is 7.78. The van der Waals surface area contributed by atoms with Gasteiger partial charge in [0.05, 0.1) is 6.61 Å². The van der Waals surface area contributed by atoms with Crippen molar-refractivity contribution >= 4 is 17.4 Å². The molecule has 0 atom stereocenters. The van der Waals surface area contributed by atoms with Gasteiger partial charge in [-0.1, -0.05) is 0 Å². The van der Waals surface area contributed by atoms with Crippen LogP contribution in [0.1, 0.15) is 12.5 Å². The lowest BCUT2D eigenvalue weighted by atomic mass is 10.1. The second-order valence-electron chi connectivity index (χ2n) is 4.03. The molecule has 0 fully saturated rings. The number of rotatable bonds is 7. The Bertz CT molecular complexity index is 344. The van der Waals surface area contributed by atoms with Gasteiger partial charge in [0.1, 0.15) is 5.75 Å². The number of nitrogen functional groups attached to an aromatic ring is 1. The molecule has 2 N–H and O–H groups in total. The third kappa shape index (κ3) is 4.88. The summed E-state index contributed by atoms with van der Waals surface area (Å²) in [5, 5.41) is 0. The molecule has 0 bridgehead atoms. The van der Waals surface area contributed by atoms with Crippen LogP contribution in [0.3, 0.4) is 0 Å². The van der Waals surface area contributed by atoms with Gasteiger partial charge in [0, 0.05) is 30.1 Å². The van der Waals surface area contributed by atoms with Crippen LogP contribution in [0.25, 0.3) is 0 Å². The van der Waals surface area contributed by atoms with E-state index in [9.17, 15) is 0 Å². The summed E-state index contributed by atoms with van der Waals surface area (Å²) in [5.74, 6) is 2.08. The molecule has 0 unspecified atom stereocenters. The molecule has 1 aromatic rings. The van der Waals surface area contributed by atoms with Gasteiger partial charge in [-0.25, -0.2) is 0 Å². The quantitative estimate of drug-likeness (QED) is 0.759. The molecule has 0 aliphatic rings. The highest BCUT2D eigenvalue weighted by Crippen LogP contribution is 2.22. The van der Waals surface area contributed by atoms with Gasteiger partial charge in [-0.05, 0) is 38.4 Å². The third-order valence-electron chi connectivity index (χ3n) is 2.50. The fraction of sp³-hybridized carbons (Fsp3) is 0.538. The number of thioether (sulfide) groups is 1. The molecular formula is C13H22N2OS. The van der Waals surface area contributed by atoms with E-state index in [1.807, 2.05) is 36.9 Å². The van der Waals surface area contributed by atoms with Crippen LogP contribution in [0.15, 0.2) is 18.2 Å². The molecule has 1 rings (SSSR count). The average molecular weight is 254 g/mol. The standard InChI is InChI=1S/C13H22N2OS/c1-4-16-13-6-5-12(14)9-11(13)10-15(2)7-8-17-3/h5-6,9H,4,7-8,10,14H2,1-3H3. The van der Waals surface area contributed by atoms with Crippen molar-refractivity contribution in [2.24, 2.45) is 0 Å². The summed E-state index contributed by atoms with van der Waals surface area (Å²) in [4.78, 5) is 2.29. The molecular weight excluding hydrogens is 232 g/mol. The molecule has 1 aromatic carbocycles. The Balaban J connectivity index is 2.69. The summed E-state index contributed by atoms with van der Waals surface area (Å²) in [6, 6.07) is 5.84. The molecule has 3 nitrogen and oxygen atoms in total. The molecule has 17 heavy (non-hydrogen) atoms. The van der Waals surface area contributed by atoms with Crippen molar-refractivity contribution in [3.8, 4) is 5.75 Å². The summed E-state index contributed by atoms with van der Waals surface area (Å²) in [6.45, 7) is 4.63. The lowest BCUT2D eigenvalue weighted by Gasteiger charge is -2.18. The average Bonchev–Trinajstić information content (AvgIpc) is 2.30. The van der Waals surface area contributed by atoms with E-state index in [2.05, 4.69) is 18.2 Å². The molecule has 0 radical (unpaired) electrons. The minimum Gasteiger partial charge on any atom is -0.494 e. The van der Waals surface area contributed by atoms with Crippen LogP contribution in [-0.2, 0) is 6.54 Å². The lowest BCUT2D eigenvalue weighted by Crippen LogP contribution is -2.21. The number of nitrogens with zero attached hydrogens (tertiary/aromatic N) is 1. The minimum absolute atomic E-state index is 0.686. The first kappa shape index (κ1) is 14.2. The lowest BCUT2D eigenvalue weighted by molar-refractivity contribution is 0.313. The number of hydrogen-bond acceptors (Lipinski definition) is 4. The van der Waals surface area contributed by atoms with Crippen LogP contribution < -0.4 is 10.5 Å². The van der Waals surface area contributed by atoms with Crippen LogP contribution in [0.2, 0.25) is 0 Å². The summed E-state index contributed by atoms with van der Waals surface area (Å²) in [7, 11) is 2.12. The summed E-state index contributed by atoms with van der Waals surface area (Å²) in [6.07, 6.45) is 2.12. The van der Waals surface area contributed by atoms with Gasteiger partial charge in [-0.3, -0.25) is 0 Å². The van der Waals surface area contributed by atoms with Gasteiger partial charge in [-0.2, -0.15) is 11.8 Å². The Morgan fingerprint density at radius 3 is 2.82 bits per heavy atom. The number of hydrogen-bond donors (Lipinski definition) is 1. The molecule has 0 aliphatic carbocycles. The van der Waals surface area contributed by atoms with Crippen molar-refractivity contribution in [1.29, 1.82) is 0 Å². The monoisotopic (exact) mass is 254 g/mol. The van der Waals surface area contributed by atoms with Crippen molar-refractivity contribution in [1.82, 2.24) is 4.90 Å². The number of benzene rings is 1. The van der Waals surface area contributed by atoms with E-state index in [0.29, 0.717) is 6.61 Å². The van der Waals surface area contributed by atoms with Gasteiger partial charge >= 0.3 is 0 Å². The molecule has 0 saturated carbocycles. The van der Waals surface area contributed by atoms with E-state index >= 15 is 0 Å². The number of nitrogens with two attached hydrogens (primary N) is 1. The molecule has 0 aromatic heterocycles. The highest BCUT2D eigenvalue weighted by molar-refractivity contribution is 7.98.